The van der Waals surface area contributed by atoms with Crippen LogP contribution in [-0.4, -0.2) is 38.0 Å². The molecular formula is C21H25F2N3O. The number of hydroxylamine groups is 2. The van der Waals surface area contributed by atoms with Crippen molar-refractivity contribution < 1.29 is 13.6 Å². The van der Waals surface area contributed by atoms with Gasteiger partial charge in [0.1, 0.15) is 12.5 Å². The van der Waals surface area contributed by atoms with E-state index in [1.54, 1.807) is 11.1 Å². The van der Waals surface area contributed by atoms with Crippen LogP contribution < -0.4 is 9.80 Å². The average Bonchev–Trinajstić information content (AvgIpc) is 3.21. The molecule has 2 aromatic rings. The Morgan fingerprint density at radius 2 is 1.78 bits per heavy atom. The normalized spacial score (nSPS) is 17.4. The van der Waals surface area contributed by atoms with Crippen LogP contribution in [0.15, 0.2) is 42.5 Å². The van der Waals surface area contributed by atoms with Gasteiger partial charge in [0, 0.05) is 25.3 Å². The molecule has 1 fully saturated rings. The second-order valence-electron chi connectivity index (χ2n) is 7.12. The topological polar surface area (TPSA) is 19.0 Å². The van der Waals surface area contributed by atoms with Crippen molar-refractivity contribution in [1.29, 1.82) is 0 Å². The molecule has 0 spiro atoms. The molecule has 27 heavy (non-hydrogen) atoms. The van der Waals surface area contributed by atoms with Crippen LogP contribution in [0, 0.1) is 5.82 Å². The molecule has 0 atom stereocenters. The minimum atomic E-state index is -0.456. The number of rotatable bonds is 6. The van der Waals surface area contributed by atoms with Crippen molar-refractivity contribution in [2.75, 3.05) is 42.8 Å². The molecule has 2 aliphatic heterocycles. The highest BCUT2D eigenvalue weighted by Crippen LogP contribution is 2.35. The molecule has 1 saturated heterocycles. The number of fused-ring (bicyclic) bond motifs is 1. The summed E-state index contributed by atoms with van der Waals surface area (Å²) in [4.78, 5) is 9.93. The van der Waals surface area contributed by atoms with E-state index in [0.717, 1.165) is 42.7 Å². The van der Waals surface area contributed by atoms with E-state index >= 15 is 0 Å². The van der Waals surface area contributed by atoms with Crippen LogP contribution in [0.5, 0.6) is 0 Å². The van der Waals surface area contributed by atoms with Crippen molar-refractivity contribution in [1.82, 2.24) is 5.06 Å². The van der Waals surface area contributed by atoms with Gasteiger partial charge in [-0.05, 0) is 36.1 Å². The lowest BCUT2D eigenvalue weighted by atomic mass is 10.1. The maximum absolute atomic E-state index is 14.7. The lowest BCUT2D eigenvalue weighted by molar-refractivity contribution is -0.179. The number of hydrogen-bond acceptors (Lipinski definition) is 4. The summed E-state index contributed by atoms with van der Waals surface area (Å²) in [7, 11) is 0. The summed E-state index contributed by atoms with van der Waals surface area (Å²) in [5, 5.41) is 1.78. The largest absolute Gasteiger partial charge is 0.369 e. The van der Waals surface area contributed by atoms with Gasteiger partial charge in [-0.25, -0.2) is 8.78 Å². The van der Waals surface area contributed by atoms with Crippen LogP contribution >= 0.6 is 0 Å². The van der Waals surface area contributed by atoms with E-state index in [1.165, 1.54) is 0 Å². The Hall–Kier alpha value is -2.18. The first-order valence-corrected chi connectivity index (χ1v) is 9.54. The molecular weight excluding hydrogens is 348 g/mol. The van der Waals surface area contributed by atoms with E-state index in [0.29, 0.717) is 25.5 Å². The van der Waals surface area contributed by atoms with E-state index in [9.17, 15) is 8.78 Å². The summed E-state index contributed by atoms with van der Waals surface area (Å²) in [5.41, 5.74) is 3.45. The van der Waals surface area contributed by atoms with Crippen LogP contribution in [0.3, 0.4) is 0 Å². The van der Waals surface area contributed by atoms with Crippen molar-refractivity contribution in [2.45, 2.75) is 26.0 Å². The summed E-state index contributed by atoms with van der Waals surface area (Å²) in [6.45, 7) is 2.97. The minimum Gasteiger partial charge on any atom is -0.369 e. The van der Waals surface area contributed by atoms with Crippen molar-refractivity contribution in [3.05, 3.63) is 59.4 Å². The standard InChI is InChI=1S/C21H25F2N3O/c22-8-11-25-16-26(27-15-17-6-2-1-3-7-17)14-18-12-19(23)21(13-20(18)25)24-9-4-5-10-24/h1-3,6-7,12-13H,4-5,8-11,14-16H2. The summed E-state index contributed by atoms with van der Waals surface area (Å²) in [6, 6.07) is 13.4. The Bertz CT molecular complexity index is 766. The van der Waals surface area contributed by atoms with Gasteiger partial charge in [0.2, 0.25) is 0 Å². The fraction of sp³-hybridized carbons (Fsp3) is 0.429. The maximum atomic E-state index is 14.7. The number of halogens is 2. The van der Waals surface area contributed by atoms with Gasteiger partial charge in [-0.3, -0.25) is 4.84 Å². The first-order chi connectivity index (χ1) is 13.2. The molecule has 6 heteroatoms. The Morgan fingerprint density at radius 3 is 2.52 bits per heavy atom. The van der Waals surface area contributed by atoms with Crippen molar-refractivity contribution in [3.8, 4) is 0 Å². The predicted octanol–water partition coefficient (Wildman–Crippen LogP) is 4.11. The predicted molar refractivity (Wildman–Crippen MR) is 103 cm³/mol. The van der Waals surface area contributed by atoms with Gasteiger partial charge in [0.05, 0.1) is 25.5 Å². The lowest BCUT2D eigenvalue weighted by Crippen LogP contribution is -2.43. The number of benzene rings is 2. The highest BCUT2D eigenvalue weighted by molar-refractivity contribution is 5.65. The van der Waals surface area contributed by atoms with Crippen LogP contribution in [0.1, 0.15) is 24.0 Å². The molecule has 0 saturated carbocycles. The number of anilines is 2. The summed E-state index contributed by atoms with van der Waals surface area (Å²) in [5.74, 6) is -0.208. The molecule has 0 bridgehead atoms. The van der Waals surface area contributed by atoms with E-state index in [2.05, 4.69) is 4.90 Å². The van der Waals surface area contributed by atoms with Crippen molar-refractivity contribution in [3.63, 3.8) is 0 Å². The molecule has 0 amide bonds. The maximum Gasteiger partial charge on any atom is 0.146 e. The Morgan fingerprint density at radius 1 is 1.00 bits per heavy atom. The van der Waals surface area contributed by atoms with Crippen molar-refractivity contribution >= 4 is 11.4 Å². The third-order valence-electron chi connectivity index (χ3n) is 5.22. The molecule has 2 aromatic carbocycles. The minimum absolute atomic E-state index is 0.208. The van der Waals surface area contributed by atoms with Gasteiger partial charge in [-0.1, -0.05) is 30.3 Å². The molecule has 2 aliphatic rings. The number of alkyl halides is 1. The Balaban J connectivity index is 1.54. The molecule has 0 aromatic heterocycles. The Kier molecular flexibility index (Phi) is 5.55. The molecule has 144 valence electrons. The summed E-state index contributed by atoms with van der Waals surface area (Å²) >= 11 is 0. The van der Waals surface area contributed by atoms with E-state index in [1.807, 2.05) is 41.3 Å². The van der Waals surface area contributed by atoms with Gasteiger partial charge >= 0.3 is 0 Å². The fourth-order valence-corrected chi connectivity index (χ4v) is 3.84. The van der Waals surface area contributed by atoms with E-state index in [-0.39, 0.29) is 12.4 Å². The molecule has 0 radical (unpaired) electrons. The zero-order valence-corrected chi connectivity index (χ0v) is 15.4. The van der Waals surface area contributed by atoms with E-state index in [4.69, 9.17) is 4.84 Å². The highest BCUT2D eigenvalue weighted by Gasteiger charge is 2.27. The first-order valence-electron chi connectivity index (χ1n) is 9.54. The van der Waals surface area contributed by atoms with Crippen LogP contribution in [-0.2, 0) is 18.0 Å². The zero-order chi connectivity index (χ0) is 18.6. The van der Waals surface area contributed by atoms with Gasteiger partial charge in [-0.15, -0.1) is 0 Å². The highest BCUT2D eigenvalue weighted by atomic mass is 19.1. The Labute approximate surface area is 158 Å². The smallest absolute Gasteiger partial charge is 0.146 e. The van der Waals surface area contributed by atoms with Crippen LogP contribution in [0.4, 0.5) is 20.2 Å². The zero-order valence-electron chi connectivity index (χ0n) is 15.4. The molecule has 0 unspecified atom stereocenters. The molecule has 2 heterocycles. The SMILES string of the molecule is FCCN1CN(OCc2ccccc2)Cc2cc(F)c(N3CCCC3)cc21. The van der Waals surface area contributed by atoms with Gasteiger partial charge in [0.25, 0.3) is 0 Å². The average molecular weight is 373 g/mol. The molecule has 4 rings (SSSR count). The van der Waals surface area contributed by atoms with Crippen LogP contribution in [0.25, 0.3) is 0 Å². The number of hydrogen-bond donors (Lipinski definition) is 0. The second-order valence-corrected chi connectivity index (χ2v) is 7.12. The van der Waals surface area contributed by atoms with Gasteiger partial charge < -0.3 is 9.80 Å². The van der Waals surface area contributed by atoms with Gasteiger partial charge in [-0.2, -0.15) is 5.06 Å². The quantitative estimate of drug-likeness (QED) is 0.759. The molecule has 4 nitrogen and oxygen atoms in total. The fourth-order valence-electron chi connectivity index (χ4n) is 3.84. The monoisotopic (exact) mass is 373 g/mol. The summed E-state index contributed by atoms with van der Waals surface area (Å²) < 4.78 is 27.9. The van der Waals surface area contributed by atoms with E-state index < -0.39 is 6.67 Å². The second kappa shape index (κ2) is 8.23. The molecule has 0 aliphatic carbocycles. The lowest BCUT2D eigenvalue weighted by Gasteiger charge is -2.38. The first kappa shape index (κ1) is 18.2. The summed E-state index contributed by atoms with van der Waals surface area (Å²) in [6.07, 6.45) is 2.18. The number of nitrogens with zero attached hydrogens (tertiary/aromatic N) is 3. The van der Waals surface area contributed by atoms with Gasteiger partial charge in [0.15, 0.2) is 0 Å². The van der Waals surface area contributed by atoms with Crippen molar-refractivity contribution in [2.24, 2.45) is 0 Å². The third kappa shape index (κ3) is 4.06. The third-order valence-corrected chi connectivity index (χ3v) is 5.22. The molecule has 0 N–H and O–H groups in total. The van der Waals surface area contributed by atoms with Crippen LogP contribution in [0.2, 0.25) is 0 Å².